The Balaban J connectivity index is 1.99. The smallest absolute Gasteiger partial charge is 0.119 e. The van der Waals surface area contributed by atoms with E-state index in [2.05, 4.69) is 32.0 Å². The summed E-state index contributed by atoms with van der Waals surface area (Å²) < 4.78 is 5.75. The molecule has 0 amide bonds. The van der Waals surface area contributed by atoms with Gasteiger partial charge in [0.15, 0.2) is 0 Å². The molecule has 0 radical (unpaired) electrons. The number of rotatable bonds is 4. The van der Waals surface area contributed by atoms with Crippen molar-refractivity contribution in [3.63, 3.8) is 0 Å². The van der Waals surface area contributed by atoms with Crippen molar-refractivity contribution < 1.29 is 4.74 Å². The normalized spacial score (nSPS) is 10.4. The maximum atomic E-state index is 5.75. The fourth-order valence-electron chi connectivity index (χ4n) is 1.78. The highest BCUT2D eigenvalue weighted by Crippen LogP contribution is 2.15. The molecule has 18 heavy (non-hydrogen) atoms. The maximum Gasteiger partial charge on any atom is 0.119 e. The molecule has 0 bridgehead atoms. The summed E-state index contributed by atoms with van der Waals surface area (Å²) in [5.74, 6) is 0.880. The van der Waals surface area contributed by atoms with Gasteiger partial charge in [-0.3, -0.25) is 0 Å². The highest BCUT2D eigenvalue weighted by molar-refractivity contribution is 5.31. The number of aryl methyl sites for hydroxylation is 2. The van der Waals surface area contributed by atoms with Crippen LogP contribution in [0.4, 0.5) is 0 Å². The van der Waals surface area contributed by atoms with Crippen molar-refractivity contribution in [1.82, 2.24) is 0 Å². The number of benzene rings is 2. The average Bonchev–Trinajstić information content (AvgIpc) is 2.41. The van der Waals surface area contributed by atoms with Gasteiger partial charge in [0.1, 0.15) is 12.4 Å². The van der Waals surface area contributed by atoms with E-state index in [9.17, 15) is 0 Å². The van der Waals surface area contributed by atoms with Crippen molar-refractivity contribution in [3.05, 3.63) is 64.7 Å². The minimum absolute atomic E-state index is 0.567. The van der Waals surface area contributed by atoms with E-state index in [4.69, 9.17) is 10.5 Å². The Labute approximate surface area is 108 Å². The highest BCUT2D eigenvalue weighted by Gasteiger charge is 1.98. The molecule has 0 aliphatic rings. The third-order valence-electron chi connectivity index (χ3n) is 3.14. The third-order valence-corrected chi connectivity index (χ3v) is 3.14. The minimum atomic E-state index is 0.567. The van der Waals surface area contributed by atoms with Crippen LogP contribution in [0.1, 0.15) is 22.3 Å². The second-order valence-corrected chi connectivity index (χ2v) is 4.56. The summed E-state index contributed by atoms with van der Waals surface area (Å²) in [5, 5.41) is 0. The summed E-state index contributed by atoms with van der Waals surface area (Å²) in [4.78, 5) is 0. The zero-order valence-electron chi connectivity index (χ0n) is 10.9. The molecular weight excluding hydrogens is 222 g/mol. The molecule has 0 spiro atoms. The van der Waals surface area contributed by atoms with E-state index in [1.807, 2.05) is 24.3 Å². The van der Waals surface area contributed by atoms with Crippen LogP contribution in [0, 0.1) is 13.8 Å². The van der Waals surface area contributed by atoms with Crippen LogP contribution >= 0.6 is 0 Å². The SMILES string of the molecule is Cc1ccc(COc2ccc(CN)cc2)cc1C. The second-order valence-electron chi connectivity index (χ2n) is 4.56. The van der Waals surface area contributed by atoms with Gasteiger partial charge >= 0.3 is 0 Å². The minimum Gasteiger partial charge on any atom is -0.489 e. The first-order chi connectivity index (χ1) is 8.69. The van der Waals surface area contributed by atoms with Gasteiger partial charge in [0.25, 0.3) is 0 Å². The zero-order valence-corrected chi connectivity index (χ0v) is 10.9. The molecule has 0 atom stereocenters. The molecule has 0 fully saturated rings. The van der Waals surface area contributed by atoms with Gasteiger partial charge in [-0.15, -0.1) is 0 Å². The van der Waals surface area contributed by atoms with Gasteiger partial charge in [-0.05, 0) is 48.2 Å². The van der Waals surface area contributed by atoms with Crippen molar-refractivity contribution >= 4 is 0 Å². The quantitative estimate of drug-likeness (QED) is 0.891. The van der Waals surface area contributed by atoms with E-state index in [-0.39, 0.29) is 0 Å². The molecule has 2 N–H and O–H groups in total. The molecule has 0 aliphatic heterocycles. The standard InChI is InChI=1S/C16H19NO/c1-12-3-4-15(9-13(12)2)11-18-16-7-5-14(10-17)6-8-16/h3-9H,10-11,17H2,1-2H3. The third kappa shape index (κ3) is 3.11. The summed E-state index contributed by atoms with van der Waals surface area (Å²) in [6.45, 7) is 5.40. The maximum absolute atomic E-state index is 5.75. The predicted octanol–water partition coefficient (Wildman–Crippen LogP) is 3.34. The van der Waals surface area contributed by atoms with Crippen LogP contribution in [0.5, 0.6) is 5.75 Å². The average molecular weight is 241 g/mol. The van der Waals surface area contributed by atoms with Crippen LogP contribution in [0.25, 0.3) is 0 Å². The van der Waals surface area contributed by atoms with Crippen LogP contribution in [0.2, 0.25) is 0 Å². The Morgan fingerprint density at radius 2 is 1.56 bits per heavy atom. The summed E-state index contributed by atoms with van der Waals surface area (Å²) in [5.41, 5.74) is 10.5. The summed E-state index contributed by atoms with van der Waals surface area (Å²) in [6, 6.07) is 14.3. The van der Waals surface area contributed by atoms with Crippen LogP contribution in [0.15, 0.2) is 42.5 Å². The van der Waals surface area contributed by atoms with Crippen LogP contribution in [-0.4, -0.2) is 0 Å². The first-order valence-electron chi connectivity index (χ1n) is 6.17. The first-order valence-corrected chi connectivity index (χ1v) is 6.17. The molecule has 2 rings (SSSR count). The van der Waals surface area contributed by atoms with Crippen LogP contribution in [0.3, 0.4) is 0 Å². The van der Waals surface area contributed by atoms with E-state index in [0.29, 0.717) is 13.2 Å². The fourth-order valence-corrected chi connectivity index (χ4v) is 1.78. The molecule has 0 aliphatic carbocycles. The number of nitrogens with two attached hydrogens (primary N) is 1. The predicted molar refractivity (Wildman–Crippen MR) is 74.6 cm³/mol. The molecule has 2 nitrogen and oxygen atoms in total. The highest BCUT2D eigenvalue weighted by atomic mass is 16.5. The van der Waals surface area contributed by atoms with Crippen molar-refractivity contribution in [2.24, 2.45) is 5.73 Å². The largest absolute Gasteiger partial charge is 0.489 e. The lowest BCUT2D eigenvalue weighted by molar-refractivity contribution is 0.306. The van der Waals surface area contributed by atoms with Gasteiger partial charge in [-0.1, -0.05) is 30.3 Å². The van der Waals surface area contributed by atoms with E-state index >= 15 is 0 Å². The van der Waals surface area contributed by atoms with E-state index in [0.717, 1.165) is 11.3 Å². The van der Waals surface area contributed by atoms with Crippen molar-refractivity contribution in [2.45, 2.75) is 27.0 Å². The molecule has 2 aromatic rings. The summed E-state index contributed by atoms with van der Waals surface area (Å²) in [6.07, 6.45) is 0. The zero-order chi connectivity index (χ0) is 13.0. The molecule has 0 saturated carbocycles. The van der Waals surface area contributed by atoms with Gasteiger partial charge in [0.05, 0.1) is 0 Å². The summed E-state index contributed by atoms with van der Waals surface area (Å²) in [7, 11) is 0. The summed E-state index contributed by atoms with van der Waals surface area (Å²) >= 11 is 0. The molecule has 0 saturated heterocycles. The van der Waals surface area contributed by atoms with Crippen LogP contribution in [-0.2, 0) is 13.2 Å². The molecule has 0 aromatic heterocycles. The van der Waals surface area contributed by atoms with Crippen molar-refractivity contribution in [1.29, 1.82) is 0 Å². The Morgan fingerprint density at radius 1 is 0.889 bits per heavy atom. The van der Waals surface area contributed by atoms with E-state index in [1.165, 1.54) is 16.7 Å². The van der Waals surface area contributed by atoms with Gasteiger partial charge in [-0.2, -0.15) is 0 Å². The number of hydrogen-bond acceptors (Lipinski definition) is 2. The van der Waals surface area contributed by atoms with Gasteiger partial charge in [-0.25, -0.2) is 0 Å². The number of ether oxygens (including phenoxy) is 1. The Morgan fingerprint density at radius 3 is 2.17 bits per heavy atom. The second kappa shape index (κ2) is 5.69. The molecule has 94 valence electrons. The Kier molecular flexibility index (Phi) is 4.00. The lowest BCUT2D eigenvalue weighted by Gasteiger charge is -2.08. The molecule has 2 heteroatoms. The Hall–Kier alpha value is -1.80. The van der Waals surface area contributed by atoms with E-state index in [1.54, 1.807) is 0 Å². The van der Waals surface area contributed by atoms with Gasteiger partial charge in [0.2, 0.25) is 0 Å². The van der Waals surface area contributed by atoms with Crippen molar-refractivity contribution in [2.75, 3.05) is 0 Å². The first kappa shape index (κ1) is 12.7. The van der Waals surface area contributed by atoms with Gasteiger partial charge in [0, 0.05) is 6.54 Å². The van der Waals surface area contributed by atoms with E-state index < -0.39 is 0 Å². The molecule has 0 heterocycles. The number of hydrogen-bond donors (Lipinski definition) is 1. The molecular formula is C16H19NO. The Bertz CT molecular complexity index is 517. The topological polar surface area (TPSA) is 35.2 Å². The van der Waals surface area contributed by atoms with Gasteiger partial charge < -0.3 is 10.5 Å². The molecule has 2 aromatic carbocycles. The fraction of sp³-hybridized carbons (Fsp3) is 0.250. The lowest BCUT2D eigenvalue weighted by Crippen LogP contribution is -1.98. The van der Waals surface area contributed by atoms with Crippen LogP contribution < -0.4 is 10.5 Å². The molecule has 0 unspecified atom stereocenters. The monoisotopic (exact) mass is 241 g/mol. The van der Waals surface area contributed by atoms with Crippen molar-refractivity contribution in [3.8, 4) is 5.75 Å². The lowest BCUT2D eigenvalue weighted by atomic mass is 10.1.